The van der Waals surface area contributed by atoms with Crippen LogP contribution in [-0.4, -0.2) is 36.9 Å². The Kier molecular flexibility index (Phi) is 6.79. The maximum atomic E-state index is 12.7. The van der Waals surface area contributed by atoms with Crippen molar-refractivity contribution in [3.8, 4) is 5.75 Å². The molecular weight excluding hydrogens is 472 g/mol. The molecule has 0 aliphatic rings. The number of hydrogen-bond donors (Lipinski definition) is 2. The second-order valence-corrected chi connectivity index (χ2v) is 9.71. The predicted octanol–water partition coefficient (Wildman–Crippen LogP) is 2.72. The van der Waals surface area contributed by atoms with Crippen LogP contribution in [0, 0.1) is 5.92 Å². The molecule has 0 saturated carbocycles. The monoisotopic (exact) mass is 494 g/mol. The van der Waals surface area contributed by atoms with Gasteiger partial charge in [0, 0.05) is 16.9 Å². The highest BCUT2D eigenvalue weighted by atomic mass is 79.9. The molecule has 0 fully saturated rings. The first kappa shape index (κ1) is 22.3. The number of carbonyl (C=O) groups is 1. The Morgan fingerprint density at radius 3 is 2.50 bits per heavy atom. The van der Waals surface area contributed by atoms with Crippen LogP contribution in [0.1, 0.15) is 19.5 Å². The minimum Gasteiger partial charge on any atom is -0.497 e. The molecular formula is C20H23BrN4O4S. The highest BCUT2D eigenvalue weighted by Gasteiger charge is 2.28. The quantitative estimate of drug-likeness (QED) is 0.501. The largest absolute Gasteiger partial charge is 0.497 e. The summed E-state index contributed by atoms with van der Waals surface area (Å²) >= 11 is 3.40. The summed E-state index contributed by atoms with van der Waals surface area (Å²) in [5.41, 5.74) is 1.42. The van der Waals surface area contributed by atoms with Crippen LogP contribution in [0.15, 0.2) is 58.2 Å². The fourth-order valence-corrected chi connectivity index (χ4v) is 4.57. The van der Waals surface area contributed by atoms with Crippen molar-refractivity contribution in [1.29, 1.82) is 0 Å². The van der Waals surface area contributed by atoms with Gasteiger partial charge in [0.05, 0.1) is 24.2 Å². The molecule has 2 aromatic heterocycles. The zero-order valence-corrected chi connectivity index (χ0v) is 19.2. The summed E-state index contributed by atoms with van der Waals surface area (Å²) < 4.78 is 35.8. The van der Waals surface area contributed by atoms with E-state index in [1.807, 2.05) is 28.9 Å². The number of hydrogen-bond acceptors (Lipinski definition) is 5. The van der Waals surface area contributed by atoms with Gasteiger partial charge in [0.25, 0.3) is 0 Å². The number of rotatable bonds is 8. The van der Waals surface area contributed by atoms with Crippen molar-refractivity contribution in [3.05, 3.63) is 59.0 Å². The van der Waals surface area contributed by atoms with E-state index in [1.54, 1.807) is 26.0 Å². The first-order chi connectivity index (χ1) is 14.2. The van der Waals surface area contributed by atoms with Crippen molar-refractivity contribution in [2.24, 2.45) is 5.92 Å². The molecule has 0 unspecified atom stereocenters. The van der Waals surface area contributed by atoms with Crippen LogP contribution in [0.3, 0.4) is 0 Å². The van der Waals surface area contributed by atoms with Gasteiger partial charge in [-0.3, -0.25) is 4.79 Å². The molecule has 0 bridgehead atoms. The average Bonchev–Trinajstić information content (AvgIpc) is 3.12. The maximum absolute atomic E-state index is 12.7. The number of methoxy groups -OCH3 is 1. The SMILES string of the molecule is COc1ccc(S(=O)(=O)N[C@H](C(=O)NCc2cn3cc(Br)ccc3n2)C(C)C)cc1. The van der Waals surface area contributed by atoms with Crippen LogP contribution < -0.4 is 14.8 Å². The van der Waals surface area contributed by atoms with Gasteiger partial charge in [0.2, 0.25) is 15.9 Å². The number of fused-ring (bicyclic) bond motifs is 1. The molecule has 8 nitrogen and oxygen atoms in total. The van der Waals surface area contributed by atoms with Gasteiger partial charge in [-0.05, 0) is 58.2 Å². The Balaban J connectivity index is 1.70. The number of nitrogens with one attached hydrogen (secondary N) is 2. The second kappa shape index (κ2) is 9.15. The molecule has 3 rings (SSSR count). The summed E-state index contributed by atoms with van der Waals surface area (Å²) in [5.74, 6) is -0.123. The highest BCUT2D eigenvalue weighted by molar-refractivity contribution is 9.10. The Bertz CT molecular complexity index is 1140. The smallest absolute Gasteiger partial charge is 0.241 e. The Morgan fingerprint density at radius 2 is 1.87 bits per heavy atom. The van der Waals surface area contributed by atoms with Gasteiger partial charge < -0.3 is 14.5 Å². The van der Waals surface area contributed by atoms with Gasteiger partial charge >= 0.3 is 0 Å². The minimum atomic E-state index is -3.87. The van der Waals surface area contributed by atoms with Crippen molar-refractivity contribution in [2.75, 3.05) is 7.11 Å². The predicted molar refractivity (Wildman–Crippen MR) is 117 cm³/mol. The van der Waals surface area contributed by atoms with Crippen molar-refractivity contribution in [3.63, 3.8) is 0 Å². The van der Waals surface area contributed by atoms with E-state index in [0.717, 1.165) is 10.1 Å². The highest BCUT2D eigenvalue weighted by Crippen LogP contribution is 2.17. The van der Waals surface area contributed by atoms with E-state index < -0.39 is 22.0 Å². The third-order valence-corrected chi connectivity index (χ3v) is 6.44. The molecule has 1 aromatic carbocycles. The Labute approximate surface area is 183 Å². The molecule has 10 heteroatoms. The normalized spacial score (nSPS) is 12.8. The summed E-state index contributed by atoms with van der Waals surface area (Å²) in [6.45, 7) is 3.75. The van der Waals surface area contributed by atoms with Crippen molar-refractivity contribution in [2.45, 2.75) is 31.3 Å². The summed E-state index contributed by atoms with van der Waals surface area (Å²) in [7, 11) is -2.37. The van der Waals surface area contributed by atoms with Crippen LogP contribution in [-0.2, 0) is 21.4 Å². The van der Waals surface area contributed by atoms with Gasteiger partial charge in [-0.15, -0.1) is 0 Å². The summed E-state index contributed by atoms with van der Waals surface area (Å²) in [6, 6.07) is 8.80. The zero-order valence-electron chi connectivity index (χ0n) is 16.8. The molecule has 2 N–H and O–H groups in total. The molecule has 0 radical (unpaired) electrons. The Morgan fingerprint density at radius 1 is 1.17 bits per heavy atom. The van der Waals surface area contributed by atoms with E-state index in [0.29, 0.717) is 11.4 Å². The number of ether oxygens (including phenoxy) is 1. The minimum absolute atomic E-state index is 0.0627. The van der Waals surface area contributed by atoms with Crippen LogP contribution in [0.25, 0.3) is 5.65 Å². The van der Waals surface area contributed by atoms with Crippen LogP contribution in [0.2, 0.25) is 0 Å². The Hall–Kier alpha value is -2.43. The topological polar surface area (TPSA) is 102 Å². The van der Waals surface area contributed by atoms with E-state index in [4.69, 9.17) is 4.74 Å². The lowest BCUT2D eigenvalue weighted by molar-refractivity contribution is -0.123. The fourth-order valence-electron chi connectivity index (χ4n) is 2.87. The van der Waals surface area contributed by atoms with Gasteiger partial charge in [-0.1, -0.05) is 13.8 Å². The van der Waals surface area contributed by atoms with E-state index in [2.05, 4.69) is 31.0 Å². The molecule has 30 heavy (non-hydrogen) atoms. The lowest BCUT2D eigenvalue weighted by atomic mass is 10.1. The number of halogens is 1. The molecule has 3 aromatic rings. The van der Waals surface area contributed by atoms with E-state index in [1.165, 1.54) is 19.2 Å². The number of benzene rings is 1. The van der Waals surface area contributed by atoms with Crippen molar-refractivity contribution in [1.82, 2.24) is 19.4 Å². The fraction of sp³-hybridized carbons (Fsp3) is 0.300. The summed E-state index contributed by atoms with van der Waals surface area (Å²) in [6.07, 6.45) is 3.68. The molecule has 0 aliphatic carbocycles. The molecule has 0 saturated heterocycles. The van der Waals surface area contributed by atoms with Gasteiger partial charge in [-0.25, -0.2) is 13.4 Å². The number of amides is 1. The van der Waals surface area contributed by atoms with Gasteiger partial charge in [0.15, 0.2) is 0 Å². The van der Waals surface area contributed by atoms with Crippen molar-refractivity contribution < 1.29 is 17.9 Å². The molecule has 1 atom stereocenters. The number of nitrogens with zero attached hydrogens (tertiary/aromatic N) is 2. The third kappa shape index (κ3) is 5.18. The first-order valence-electron chi connectivity index (χ1n) is 9.27. The van der Waals surface area contributed by atoms with E-state index in [-0.39, 0.29) is 17.4 Å². The van der Waals surface area contributed by atoms with Crippen molar-refractivity contribution >= 4 is 37.5 Å². The van der Waals surface area contributed by atoms with Crippen LogP contribution in [0.4, 0.5) is 0 Å². The van der Waals surface area contributed by atoms with E-state index >= 15 is 0 Å². The zero-order chi connectivity index (χ0) is 21.9. The molecule has 1 amide bonds. The second-order valence-electron chi connectivity index (χ2n) is 7.08. The summed E-state index contributed by atoms with van der Waals surface area (Å²) in [4.78, 5) is 17.2. The number of sulfonamides is 1. The van der Waals surface area contributed by atoms with Crippen LogP contribution in [0.5, 0.6) is 5.75 Å². The lowest BCUT2D eigenvalue weighted by Crippen LogP contribution is -2.49. The summed E-state index contributed by atoms with van der Waals surface area (Å²) in [5, 5.41) is 2.77. The molecule has 2 heterocycles. The third-order valence-electron chi connectivity index (χ3n) is 4.51. The molecule has 160 valence electrons. The molecule has 0 spiro atoms. The van der Waals surface area contributed by atoms with Gasteiger partial charge in [-0.2, -0.15) is 4.72 Å². The maximum Gasteiger partial charge on any atom is 0.241 e. The lowest BCUT2D eigenvalue weighted by Gasteiger charge is -2.21. The van der Waals surface area contributed by atoms with E-state index in [9.17, 15) is 13.2 Å². The van der Waals surface area contributed by atoms with Crippen LogP contribution >= 0.6 is 15.9 Å². The number of imidazole rings is 1. The number of carbonyl (C=O) groups excluding carboxylic acids is 1. The average molecular weight is 495 g/mol. The standard InChI is InChI=1S/C20H23BrN4O4S/c1-13(2)19(24-30(27,28)17-7-5-16(29-3)6-8-17)20(26)22-10-15-12-25-11-14(21)4-9-18(25)23-15/h4-9,11-13,19,24H,10H2,1-3H3,(H,22,26)/t19-/m0/s1. The number of pyridine rings is 1. The first-order valence-corrected chi connectivity index (χ1v) is 11.5. The number of aromatic nitrogens is 2. The van der Waals surface area contributed by atoms with Gasteiger partial charge in [0.1, 0.15) is 17.4 Å². The molecule has 0 aliphatic heterocycles.